The second kappa shape index (κ2) is 4.45. The number of hydrogen-bond acceptors (Lipinski definition) is 2. The number of aromatic nitrogens is 3. The van der Waals surface area contributed by atoms with E-state index >= 15 is 0 Å². The molecule has 0 saturated heterocycles. The van der Waals surface area contributed by atoms with Crippen molar-refractivity contribution in [1.29, 1.82) is 0 Å². The number of rotatable bonds is 2. The fourth-order valence-corrected chi connectivity index (χ4v) is 2.04. The first-order valence-electron chi connectivity index (χ1n) is 5.85. The zero-order valence-electron chi connectivity index (χ0n) is 10.1. The second-order valence-electron chi connectivity index (χ2n) is 4.23. The van der Waals surface area contributed by atoms with Crippen LogP contribution in [0.5, 0.6) is 0 Å². The van der Waals surface area contributed by atoms with Crippen LogP contribution in [0, 0.1) is 6.92 Å². The minimum atomic E-state index is 0.977. The number of nitrogens with one attached hydrogen (secondary N) is 1. The lowest BCUT2D eigenvalue weighted by molar-refractivity contribution is 1.30. The second-order valence-corrected chi connectivity index (χ2v) is 4.23. The van der Waals surface area contributed by atoms with E-state index in [1.807, 2.05) is 12.1 Å². The first-order valence-corrected chi connectivity index (χ1v) is 5.85. The van der Waals surface area contributed by atoms with Gasteiger partial charge in [0.1, 0.15) is 0 Å². The molecule has 88 valence electrons. The maximum Gasteiger partial charge on any atom is 0.0961 e. The maximum absolute atomic E-state index is 4.43. The van der Waals surface area contributed by atoms with Gasteiger partial charge in [0.2, 0.25) is 0 Å². The fraction of sp³-hybridized carbons (Fsp3) is 0.0667. The summed E-state index contributed by atoms with van der Waals surface area (Å²) in [7, 11) is 0. The number of benzene rings is 1. The SMILES string of the molecule is Cc1cccc(-c2nc[nH]c2-c2ccncc2)c1. The molecule has 0 fully saturated rings. The molecular weight excluding hydrogens is 222 g/mol. The summed E-state index contributed by atoms with van der Waals surface area (Å²) in [5.41, 5.74) is 5.46. The van der Waals surface area contributed by atoms with E-state index in [0.29, 0.717) is 0 Å². The summed E-state index contributed by atoms with van der Waals surface area (Å²) in [4.78, 5) is 11.7. The van der Waals surface area contributed by atoms with Crippen molar-refractivity contribution in [3.8, 4) is 22.5 Å². The van der Waals surface area contributed by atoms with E-state index in [0.717, 1.165) is 22.5 Å². The average Bonchev–Trinajstić information content (AvgIpc) is 2.89. The lowest BCUT2D eigenvalue weighted by Gasteiger charge is -2.03. The average molecular weight is 235 g/mol. The van der Waals surface area contributed by atoms with Crippen molar-refractivity contribution in [1.82, 2.24) is 15.0 Å². The van der Waals surface area contributed by atoms with Gasteiger partial charge in [-0.1, -0.05) is 23.8 Å². The van der Waals surface area contributed by atoms with E-state index in [1.165, 1.54) is 5.56 Å². The van der Waals surface area contributed by atoms with Gasteiger partial charge in [0, 0.05) is 23.5 Å². The highest BCUT2D eigenvalue weighted by Crippen LogP contribution is 2.28. The summed E-state index contributed by atoms with van der Waals surface area (Å²) < 4.78 is 0. The first-order chi connectivity index (χ1) is 8.84. The van der Waals surface area contributed by atoms with Crippen LogP contribution in [0.4, 0.5) is 0 Å². The topological polar surface area (TPSA) is 41.6 Å². The third-order valence-corrected chi connectivity index (χ3v) is 2.90. The molecule has 18 heavy (non-hydrogen) atoms. The Kier molecular flexibility index (Phi) is 2.65. The maximum atomic E-state index is 4.43. The molecule has 3 aromatic rings. The normalized spacial score (nSPS) is 10.5. The van der Waals surface area contributed by atoms with Crippen LogP contribution in [0.1, 0.15) is 5.56 Å². The Morgan fingerprint density at radius 2 is 1.83 bits per heavy atom. The van der Waals surface area contributed by atoms with Crippen molar-refractivity contribution in [2.75, 3.05) is 0 Å². The van der Waals surface area contributed by atoms with E-state index in [4.69, 9.17) is 0 Å². The van der Waals surface area contributed by atoms with Crippen molar-refractivity contribution in [3.05, 3.63) is 60.7 Å². The largest absolute Gasteiger partial charge is 0.344 e. The van der Waals surface area contributed by atoms with Crippen LogP contribution in [0.25, 0.3) is 22.5 Å². The third kappa shape index (κ3) is 1.91. The molecule has 0 saturated carbocycles. The van der Waals surface area contributed by atoms with Crippen LogP contribution in [-0.2, 0) is 0 Å². The summed E-state index contributed by atoms with van der Waals surface area (Å²) in [6.07, 6.45) is 5.31. The van der Waals surface area contributed by atoms with Crippen molar-refractivity contribution >= 4 is 0 Å². The molecule has 0 atom stereocenters. The zero-order valence-corrected chi connectivity index (χ0v) is 10.1. The molecule has 0 radical (unpaired) electrons. The van der Waals surface area contributed by atoms with Gasteiger partial charge >= 0.3 is 0 Å². The number of aromatic amines is 1. The van der Waals surface area contributed by atoms with Crippen LogP contribution >= 0.6 is 0 Å². The summed E-state index contributed by atoms with van der Waals surface area (Å²) in [6.45, 7) is 2.09. The van der Waals surface area contributed by atoms with Crippen LogP contribution in [-0.4, -0.2) is 15.0 Å². The molecule has 2 aromatic heterocycles. The molecular formula is C15H13N3. The van der Waals surface area contributed by atoms with Crippen LogP contribution in [0.3, 0.4) is 0 Å². The number of hydrogen-bond donors (Lipinski definition) is 1. The van der Waals surface area contributed by atoms with Gasteiger partial charge in [-0.2, -0.15) is 0 Å². The Hall–Kier alpha value is -2.42. The van der Waals surface area contributed by atoms with E-state index in [1.54, 1.807) is 18.7 Å². The molecule has 0 aliphatic rings. The summed E-state index contributed by atoms with van der Waals surface area (Å²) in [5, 5.41) is 0. The number of imidazole rings is 1. The Morgan fingerprint density at radius 1 is 1.00 bits per heavy atom. The molecule has 1 N–H and O–H groups in total. The van der Waals surface area contributed by atoms with Crippen molar-refractivity contribution in [2.24, 2.45) is 0 Å². The van der Waals surface area contributed by atoms with E-state index in [-0.39, 0.29) is 0 Å². The smallest absolute Gasteiger partial charge is 0.0961 e. The van der Waals surface area contributed by atoms with Gasteiger partial charge in [0.25, 0.3) is 0 Å². The quantitative estimate of drug-likeness (QED) is 0.739. The molecule has 3 heteroatoms. The first kappa shape index (κ1) is 10.7. The molecule has 0 spiro atoms. The van der Waals surface area contributed by atoms with Gasteiger partial charge in [-0.3, -0.25) is 4.98 Å². The lowest BCUT2D eigenvalue weighted by Crippen LogP contribution is -1.85. The third-order valence-electron chi connectivity index (χ3n) is 2.90. The highest BCUT2D eigenvalue weighted by molar-refractivity contribution is 5.77. The number of nitrogens with zero attached hydrogens (tertiary/aromatic N) is 2. The minimum absolute atomic E-state index is 0.977. The summed E-state index contributed by atoms with van der Waals surface area (Å²) in [6, 6.07) is 12.3. The van der Waals surface area contributed by atoms with Crippen LogP contribution < -0.4 is 0 Å². The van der Waals surface area contributed by atoms with Gasteiger partial charge < -0.3 is 4.98 Å². The number of pyridine rings is 1. The molecule has 0 aliphatic carbocycles. The van der Waals surface area contributed by atoms with Crippen LogP contribution in [0.15, 0.2) is 55.1 Å². The van der Waals surface area contributed by atoms with Gasteiger partial charge in [-0.25, -0.2) is 4.98 Å². The molecule has 2 heterocycles. The molecule has 0 unspecified atom stereocenters. The fourth-order valence-electron chi connectivity index (χ4n) is 2.04. The predicted octanol–water partition coefficient (Wildman–Crippen LogP) is 3.45. The van der Waals surface area contributed by atoms with Crippen molar-refractivity contribution in [2.45, 2.75) is 6.92 Å². The summed E-state index contributed by atoms with van der Waals surface area (Å²) in [5.74, 6) is 0. The van der Waals surface area contributed by atoms with Crippen LogP contribution in [0.2, 0.25) is 0 Å². The highest BCUT2D eigenvalue weighted by Gasteiger charge is 2.09. The highest BCUT2D eigenvalue weighted by atomic mass is 14.9. The van der Waals surface area contributed by atoms with Gasteiger partial charge in [0.05, 0.1) is 17.7 Å². The summed E-state index contributed by atoms with van der Waals surface area (Å²) >= 11 is 0. The Balaban J connectivity index is 2.13. The number of aryl methyl sites for hydroxylation is 1. The standard InChI is InChI=1S/C15H13N3/c1-11-3-2-4-13(9-11)15-14(17-10-18-15)12-5-7-16-8-6-12/h2-10H,1H3,(H,17,18). The lowest BCUT2D eigenvalue weighted by atomic mass is 10.0. The molecule has 0 bridgehead atoms. The minimum Gasteiger partial charge on any atom is -0.344 e. The van der Waals surface area contributed by atoms with E-state index < -0.39 is 0 Å². The molecule has 3 rings (SSSR count). The predicted molar refractivity (Wildman–Crippen MR) is 72.0 cm³/mol. The molecule has 1 aromatic carbocycles. The van der Waals surface area contributed by atoms with Gasteiger partial charge in [-0.15, -0.1) is 0 Å². The van der Waals surface area contributed by atoms with Gasteiger partial charge in [-0.05, 0) is 25.1 Å². The monoisotopic (exact) mass is 235 g/mol. The molecule has 0 aliphatic heterocycles. The number of H-pyrrole nitrogens is 1. The van der Waals surface area contributed by atoms with Crippen molar-refractivity contribution < 1.29 is 0 Å². The Labute approximate surface area is 106 Å². The Morgan fingerprint density at radius 3 is 2.61 bits per heavy atom. The van der Waals surface area contributed by atoms with E-state index in [9.17, 15) is 0 Å². The molecule has 0 amide bonds. The van der Waals surface area contributed by atoms with Crippen molar-refractivity contribution in [3.63, 3.8) is 0 Å². The van der Waals surface area contributed by atoms with Gasteiger partial charge in [0.15, 0.2) is 0 Å². The zero-order chi connectivity index (χ0) is 12.4. The van der Waals surface area contributed by atoms with E-state index in [2.05, 4.69) is 46.1 Å². The Bertz CT molecular complexity index is 656. The molecule has 3 nitrogen and oxygen atoms in total.